The molecule has 0 spiro atoms. The van der Waals surface area contributed by atoms with Gasteiger partial charge in [-0.1, -0.05) is 51.9 Å². The molecule has 0 radical (unpaired) electrons. The summed E-state index contributed by atoms with van der Waals surface area (Å²) in [6.45, 7) is 4.35. The van der Waals surface area contributed by atoms with E-state index in [2.05, 4.69) is 19.3 Å². The molecule has 17 heavy (non-hydrogen) atoms. The van der Waals surface area contributed by atoms with Crippen LogP contribution in [0.3, 0.4) is 0 Å². The van der Waals surface area contributed by atoms with E-state index in [0.717, 1.165) is 12.8 Å². The lowest BCUT2D eigenvalue weighted by Gasteiger charge is -2.19. The highest BCUT2D eigenvalue weighted by molar-refractivity contribution is 4.67. The Morgan fingerprint density at radius 3 is 2.18 bits per heavy atom. The zero-order chi connectivity index (χ0) is 12.9. The van der Waals surface area contributed by atoms with Crippen LogP contribution >= 0.6 is 0 Å². The highest BCUT2D eigenvalue weighted by Gasteiger charge is 2.10. The van der Waals surface area contributed by atoms with Crippen molar-refractivity contribution in [3.8, 4) is 0 Å². The van der Waals surface area contributed by atoms with Crippen molar-refractivity contribution in [1.29, 1.82) is 0 Å². The lowest BCUT2D eigenvalue weighted by Crippen LogP contribution is -2.37. The molecule has 2 atom stereocenters. The van der Waals surface area contributed by atoms with E-state index in [-0.39, 0.29) is 0 Å². The molecule has 0 saturated carbocycles. The summed E-state index contributed by atoms with van der Waals surface area (Å²) in [6.07, 6.45) is 11.9. The van der Waals surface area contributed by atoms with Gasteiger partial charge in [-0.05, 0) is 19.8 Å². The van der Waals surface area contributed by atoms with Crippen LogP contribution in [0.4, 0.5) is 0 Å². The van der Waals surface area contributed by atoms with Crippen LogP contribution in [0.25, 0.3) is 0 Å². The number of methoxy groups -OCH3 is 1. The fraction of sp³-hybridized carbons (Fsp3) is 1.00. The molecule has 0 amide bonds. The van der Waals surface area contributed by atoms with Crippen molar-refractivity contribution in [3.63, 3.8) is 0 Å². The van der Waals surface area contributed by atoms with Gasteiger partial charge < -0.3 is 4.74 Å². The first-order chi connectivity index (χ1) is 8.24. The number of hydrogen-bond acceptors (Lipinski definition) is 3. The van der Waals surface area contributed by atoms with E-state index in [4.69, 9.17) is 10.6 Å². The second kappa shape index (κ2) is 12.3. The fourth-order valence-corrected chi connectivity index (χ4v) is 2.11. The van der Waals surface area contributed by atoms with Crippen molar-refractivity contribution in [2.24, 2.45) is 5.84 Å². The summed E-state index contributed by atoms with van der Waals surface area (Å²) < 4.78 is 5.26. The molecule has 3 N–H and O–H groups in total. The van der Waals surface area contributed by atoms with Gasteiger partial charge in [-0.25, -0.2) is 0 Å². The smallest absolute Gasteiger partial charge is 0.0558 e. The Morgan fingerprint density at radius 1 is 1.06 bits per heavy atom. The predicted octanol–water partition coefficient (Wildman–Crippen LogP) is 3.38. The molecule has 0 saturated heterocycles. The Bertz CT molecular complexity index is 153. The third kappa shape index (κ3) is 10.7. The van der Waals surface area contributed by atoms with Crippen molar-refractivity contribution in [2.45, 2.75) is 83.8 Å². The minimum atomic E-state index is 0.292. The van der Waals surface area contributed by atoms with Crippen LogP contribution in [0.1, 0.15) is 71.6 Å². The van der Waals surface area contributed by atoms with E-state index in [1.165, 1.54) is 44.9 Å². The molecule has 0 aliphatic heterocycles. The number of nitrogens with two attached hydrogens (primary N) is 1. The van der Waals surface area contributed by atoms with Gasteiger partial charge in [-0.3, -0.25) is 11.3 Å². The van der Waals surface area contributed by atoms with Gasteiger partial charge in [0.2, 0.25) is 0 Å². The normalized spacial score (nSPS) is 14.8. The second-order valence-corrected chi connectivity index (χ2v) is 5.06. The molecule has 3 nitrogen and oxygen atoms in total. The summed E-state index contributed by atoms with van der Waals surface area (Å²) in [5, 5.41) is 0. The van der Waals surface area contributed by atoms with Gasteiger partial charge in [0.1, 0.15) is 0 Å². The molecule has 0 heterocycles. The van der Waals surface area contributed by atoms with Crippen LogP contribution in [0.5, 0.6) is 0 Å². The van der Waals surface area contributed by atoms with Crippen molar-refractivity contribution < 1.29 is 4.74 Å². The number of hydrazine groups is 1. The summed E-state index contributed by atoms with van der Waals surface area (Å²) in [5.41, 5.74) is 2.90. The Kier molecular flexibility index (Phi) is 12.3. The third-order valence-corrected chi connectivity index (χ3v) is 3.41. The van der Waals surface area contributed by atoms with E-state index in [0.29, 0.717) is 12.1 Å². The maximum atomic E-state index is 5.55. The summed E-state index contributed by atoms with van der Waals surface area (Å²) in [4.78, 5) is 0. The zero-order valence-corrected chi connectivity index (χ0v) is 12.0. The topological polar surface area (TPSA) is 47.3 Å². The Labute approximate surface area is 107 Å². The maximum Gasteiger partial charge on any atom is 0.0558 e. The average molecular weight is 244 g/mol. The second-order valence-electron chi connectivity index (χ2n) is 5.06. The summed E-state index contributed by atoms with van der Waals surface area (Å²) in [6, 6.07) is 0.403. The van der Waals surface area contributed by atoms with Gasteiger partial charge in [0.15, 0.2) is 0 Å². The minimum absolute atomic E-state index is 0.292. The van der Waals surface area contributed by atoms with Crippen molar-refractivity contribution in [3.05, 3.63) is 0 Å². The van der Waals surface area contributed by atoms with Gasteiger partial charge in [0, 0.05) is 13.2 Å². The SMILES string of the molecule is CCCCCCCCCC(CC(C)OC)NN. The summed E-state index contributed by atoms with van der Waals surface area (Å²) in [5.74, 6) is 5.55. The molecule has 0 aliphatic carbocycles. The molecule has 2 unspecified atom stereocenters. The van der Waals surface area contributed by atoms with Crippen LogP contribution < -0.4 is 11.3 Å². The molecule has 3 heteroatoms. The van der Waals surface area contributed by atoms with E-state index in [1.54, 1.807) is 7.11 Å². The van der Waals surface area contributed by atoms with Gasteiger partial charge in [-0.15, -0.1) is 0 Å². The summed E-state index contributed by atoms with van der Waals surface area (Å²) in [7, 11) is 1.76. The molecule has 0 rings (SSSR count). The minimum Gasteiger partial charge on any atom is -0.382 e. The maximum absolute atomic E-state index is 5.55. The van der Waals surface area contributed by atoms with Crippen LogP contribution in [0.15, 0.2) is 0 Å². The van der Waals surface area contributed by atoms with Crippen molar-refractivity contribution in [1.82, 2.24) is 5.43 Å². The highest BCUT2D eigenvalue weighted by atomic mass is 16.5. The molecule has 104 valence electrons. The first-order valence-electron chi connectivity index (χ1n) is 7.23. The quantitative estimate of drug-likeness (QED) is 0.314. The molecule has 0 aromatic carbocycles. The predicted molar refractivity (Wildman–Crippen MR) is 74.8 cm³/mol. The van der Waals surface area contributed by atoms with E-state index < -0.39 is 0 Å². The Hall–Kier alpha value is -0.120. The lowest BCUT2D eigenvalue weighted by molar-refractivity contribution is 0.0989. The van der Waals surface area contributed by atoms with Crippen LogP contribution in [0, 0.1) is 0 Å². The largest absolute Gasteiger partial charge is 0.382 e. The van der Waals surface area contributed by atoms with Crippen molar-refractivity contribution >= 4 is 0 Å². The molecule has 0 bridgehead atoms. The van der Waals surface area contributed by atoms with E-state index in [1.807, 2.05) is 0 Å². The summed E-state index contributed by atoms with van der Waals surface area (Å²) >= 11 is 0. The average Bonchev–Trinajstić information content (AvgIpc) is 2.35. The molecule has 0 fully saturated rings. The first kappa shape index (κ1) is 16.9. The highest BCUT2D eigenvalue weighted by Crippen LogP contribution is 2.12. The van der Waals surface area contributed by atoms with Gasteiger partial charge in [0.25, 0.3) is 0 Å². The lowest BCUT2D eigenvalue weighted by atomic mass is 10.0. The molecular weight excluding hydrogens is 212 g/mol. The number of unbranched alkanes of at least 4 members (excludes halogenated alkanes) is 6. The van der Waals surface area contributed by atoms with Crippen LogP contribution in [-0.4, -0.2) is 19.3 Å². The zero-order valence-electron chi connectivity index (χ0n) is 12.0. The molecule has 0 aliphatic rings. The van der Waals surface area contributed by atoms with E-state index >= 15 is 0 Å². The van der Waals surface area contributed by atoms with Crippen LogP contribution in [0.2, 0.25) is 0 Å². The monoisotopic (exact) mass is 244 g/mol. The number of ether oxygens (including phenoxy) is 1. The Morgan fingerprint density at radius 2 is 1.65 bits per heavy atom. The standard InChI is InChI=1S/C14H32N2O/c1-4-5-6-7-8-9-10-11-14(16-15)12-13(2)17-3/h13-14,16H,4-12,15H2,1-3H3. The van der Waals surface area contributed by atoms with Gasteiger partial charge in [0.05, 0.1) is 6.10 Å². The number of hydrogen-bond donors (Lipinski definition) is 2. The fourth-order valence-electron chi connectivity index (χ4n) is 2.11. The number of nitrogens with one attached hydrogen (secondary N) is 1. The third-order valence-electron chi connectivity index (χ3n) is 3.41. The van der Waals surface area contributed by atoms with Gasteiger partial charge in [-0.2, -0.15) is 0 Å². The Balaban J connectivity index is 3.37. The molecular formula is C14H32N2O. The first-order valence-corrected chi connectivity index (χ1v) is 7.23. The molecule has 0 aromatic rings. The van der Waals surface area contributed by atoms with Crippen LogP contribution in [-0.2, 0) is 4.74 Å². The van der Waals surface area contributed by atoms with Gasteiger partial charge >= 0.3 is 0 Å². The number of rotatable bonds is 12. The van der Waals surface area contributed by atoms with Crippen molar-refractivity contribution in [2.75, 3.05) is 7.11 Å². The van der Waals surface area contributed by atoms with E-state index in [9.17, 15) is 0 Å². The molecule has 0 aromatic heterocycles.